The molecule has 0 aliphatic carbocycles. The van der Waals surface area contributed by atoms with Crippen molar-refractivity contribution in [3.63, 3.8) is 0 Å². The quantitative estimate of drug-likeness (QED) is 0.321. The number of carbonyl (C=O) groups is 2. The number of anilines is 1. The number of amides is 1. The predicted molar refractivity (Wildman–Crippen MR) is 115 cm³/mol. The number of pyridine rings is 1. The topological polar surface area (TPSA) is 103 Å². The Labute approximate surface area is 179 Å². The average Bonchev–Trinajstić information content (AvgIpc) is 2.77. The minimum atomic E-state index is -0.480. The summed E-state index contributed by atoms with van der Waals surface area (Å²) in [6.45, 7) is 3.85. The van der Waals surface area contributed by atoms with E-state index in [0.29, 0.717) is 22.4 Å². The van der Waals surface area contributed by atoms with Gasteiger partial charge in [-0.25, -0.2) is 4.79 Å². The molecule has 0 bridgehead atoms. The van der Waals surface area contributed by atoms with Crippen LogP contribution in [-0.2, 0) is 11.3 Å². The summed E-state index contributed by atoms with van der Waals surface area (Å²) in [5.41, 5.74) is 2.50. The normalized spacial score (nSPS) is 10.4. The van der Waals surface area contributed by atoms with Crippen LogP contribution < -0.4 is 4.90 Å². The van der Waals surface area contributed by atoms with Gasteiger partial charge in [0.05, 0.1) is 23.6 Å². The highest BCUT2D eigenvalue weighted by Gasteiger charge is 2.21. The molecule has 0 N–H and O–H groups in total. The molecule has 1 amide bonds. The minimum Gasteiger partial charge on any atom is -0.462 e. The number of carbonyl (C=O) groups excluding carboxylic acids is 2. The number of hydrogen-bond donors (Lipinski definition) is 0. The molecule has 3 rings (SSSR count). The molecule has 0 spiro atoms. The van der Waals surface area contributed by atoms with Crippen molar-refractivity contribution in [1.29, 1.82) is 0 Å². The molecule has 0 fully saturated rings. The number of benzene rings is 2. The summed E-state index contributed by atoms with van der Waals surface area (Å²) >= 11 is 0. The van der Waals surface area contributed by atoms with Gasteiger partial charge in [0.2, 0.25) is 0 Å². The van der Waals surface area contributed by atoms with E-state index in [4.69, 9.17) is 4.74 Å². The number of nitro groups is 1. The third kappa shape index (κ3) is 5.11. The van der Waals surface area contributed by atoms with Crippen LogP contribution in [0.25, 0.3) is 0 Å². The number of rotatable bonds is 7. The maximum absolute atomic E-state index is 13.4. The first-order valence-corrected chi connectivity index (χ1v) is 9.63. The minimum absolute atomic E-state index is 0.0453. The van der Waals surface area contributed by atoms with E-state index < -0.39 is 10.9 Å². The summed E-state index contributed by atoms with van der Waals surface area (Å²) in [5.74, 6) is -0.759. The van der Waals surface area contributed by atoms with Crippen LogP contribution in [0.3, 0.4) is 0 Å². The van der Waals surface area contributed by atoms with Gasteiger partial charge in [0.25, 0.3) is 11.6 Å². The maximum Gasteiger partial charge on any atom is 0.338 e. The van der Waals surface area contributed by atoms with Crippen LogP contribution in [-0.4, -0.2) is 28.4 Å². The molecule has 0 saturated heterocycles. The van der Waals surface area contributed by atoms with Crippen molar-refractivity contribution in [3.8, 4) is 0 Å². The van der Waals surface area contributed by atoms with Crippen molar-refractivity contribution >= 4 is 23.3 Å². The number of nitrogens with zero attached hydrogens (tertiary/aromatic N) is 3. The lowest BCUT2D eigenvalue weighted by atomic mass is 10.1. The molecule has 3 aromatic rings. The highest BCUT2D eigenvalue weighted by molar-refractivity contribution is 6.06. The van der Waals surface area contributed by atoms with Gasteiger partial charge in [-0.2, -0.15) is 0 Å². The number of nitro benzene ring substituents is 1. The highest BCUT2D eigenvalue weighted by atomic mass is 16.6. The van der Waals surface area contributed by atoms with Gasteiger partial charge < -0.3 is 9.64 Å². The van der Waals surface area contributed by atoms with Gasteiger partial charge in [-0.05, 0) is 67.9 Å². The average molecular weight is 419 g/mol. The summed E-state index contributed by atoms with van der Waals surface area (Å²) in [5, 5.41) is 11.1. The molecular weight excluding hydrogens is 398 g/mol. The largest absolute Gasteiger partial charge is 0.462 e. The molecule has 1 heterocycles. The molecule has 8 heteroatoms. The van der Waals surface area contributed by atoms with Gasteiger partial charge in [0.15, 0.2) is 0 Å². The second-order valence-electron chi connectivity index (χ2n) is 6.77. The number of aryl methyl sites for hydroxylation is 1. The molecule has 8 nitrogen and oxygen atoms in total. The van der Waals surface area contributed by atoms with Gasteiger partial charge >= 0.3 is 5.97 Å². The Hall–Kier alpha value is -4.07. The number of aromatic nitrogens is 1. The van der Waals surface area contributed by atoms with E-state index >= 15 is 0 Å². The first kappa shape index (κ1) is 21.6. The fourth-order valence-electron chi connectivity index (χ4n) is 3.09. The third-order valence-corrected chi connectivity index (χ3v) is 4.67. The van der Waals surface area contributed by atoms with Gasteiger partial charge in [-0.3, -0.25) is 19.9 Å². The van der Waals surface area contributed by atoms with Gasteiger partial charge in [-0.15, -0.1) is 0 Å². The van der Waals surface area contributed by atoms with Gasteiger partial charge in [0, 0.05) is 35.3 Å². The third-order valence-electron chi connectivity index (χ3n) is 4.67. The zero-order valence-electron chi connectivity index (χ0n) is 17.1. The summed E-state index contributed by atoms with van der Waals surface area (Å²) < 4.78 is 5.00. The number of esters is 1. The monoisotopic (exact) mass is 419 g/mol. The maximum atomic E-state index is 13.4. The molecule has 0 unspecified atom stereocenters. The van der Waals surface area contributed by atoms with E-state index in [2.05, 4.69) is 4.98 Å². The van der Waals surface area contributed by atoms with Crippen LogP contribution >= 0.6 is 0 Å². The van der Waals surface area contributed by atoms with Crippen molar-refractivity contribution in [3.05, 3.63) is 99.4 Å². The van der Waals surface area contributed by atoms with Crippen molar-refractivity contribution in [2.45, 2.75) is 20.4 Å². The van der Waals surface area contributed by atoms with Gasteiger partial charge in [-0.1, -0.05) is 0 Å². The second kappa shape index (κ2) is 9.62. The smallest absolute Gasteiger partial charge is 0.338 e. The summed E-state index contributed by atoms with van der Waals surface area (Å²) in [7, 11) is 0. The lowest BCUT2D eigenvalue weighted by molar-refractivity contribution is -0.385. The highest BCUT2D eigenvalue weighted by Crippen LogP contribution is 2.24. The molecule has 1 aromatic heterocycles. The molecular formula is C23H21N3O5. The van der Waals surface area contributed by atoms with Crippen LogP contribution in [0.2, 0.25) is 0 Å². The number of hydrogen-bond acceptors (Lipinski definition) is 6. The fourth-order valence-corrected chi connectivity index (χ4v) is 3.09. The lowest BCUT2D eigenvalue weighted by Crippen LogP contribution is -2.30. The lowest BCUT2D eigenvalue weighted by Gasteiger charge is -2.23. The van der Waals surface area contributed by atoms with Crippen LogP contribution in [0.1, 0.15) is 38.8 Å². The van der Waals surface area contributed by atoms with Crippen molar-refractivity contribution < 1.29 is 19.2 Å². The van der Waals surface area contributed by atoms with E-state index in [0.717, 1.165) is 5.56 Å². The van der Waals surface area contributed by atoms with E-state index in [1.54, 1.807) is 67.5 Å². The van der Waals surface area contributed by atoms with Crippen molar-refractivity contribution in [1.82, 2.24) is 4.98 Å². The fraction of sp³-hybridized carbons (Fsp3) is 0.174. The Morgan fingerprint density at radius 3 is 2.26 bits per heavy atom. The summed E-state index contributed by atoms with van der Waals surface area (Å²) in [4.78, 5) is 41.4. The van der Waals surface area contributed by atoms with Crippen LogP contribution in [0.5, 0.6) is 0 Å². The van der Waals surface area contributed by atoms with Crippen molar-refractivity contribution in [2.75, 3.05) is 11.5 Å². The molecule has 0 aliphatic heterocycles. The Bertz CT molecular complexity index is 1100. The first-order valence-electron chi connectivity index (χ1n) is 9.63. The molecule has 0 atom stereocenters. The van der Waals surface area contributed by atoms with Gasteiger partial charge in [0.1, 0.15) is 0 Å². The Morgan fingerprint density at radius 2 is 1.68 bits per heavy atom. The predicted octanol–water partition coefficient (Wildman–Crippen LogP) is 4.32. The Morgan fingerprint density at radius 1 is 1.03 bits per heavy atom. The summed E-state index contributed by atoms with van der Waals surface area (Å²) in [6, 6.07) is 14.4. The SMILES string of the molecule is CCOC(=O)c1ccc(N(Cc2ccncc2)C(=O)c2ccc([N+](=O)[O-])c(C)c2)cc1. The van der Waals surface area contributed by atoms with E-state index in [1.807, 2.05) is 0 Å². The molecule has 0 saturated carbocycles. The Balaban J connectivity index is 1.96. The molecule has 2 aromatic carbocycles. The molecule has 0 aliphatic rings. The molecule has 31 heavy (non-hydrogen) atoms. The van der Waals surface area contributed by atoms with Crippen LogP contribution in [0.15, 0.2) is 67.0 Å². The van der Waals surface area contributed by atoms with Crippen LogP contribution in [0.4, 0.5) is 11.4 Å². The van der Waals surface area contributed by atoms with E-state index in [-0.39, 0.29) is 24.7 Å². The van der Waals surface area contributed by atoms with E-state index in [9.17, 15) is 19.7 Å². The van der Waals surface area contributed by atoms with E-state index in [1.165, 1.54) is 18.2 Å². The second-order valence-corrected chi connectivity index (χ2v) is 6.77. The molecule has 158 valence electrons. The standard InChI is InChI=1S/C23H21N3O5/c1-3-31-23(28)18-4-7-20(8-5-18)25(15-17-10-12-24-13-11-17)22(27)19-6-9-21(26(29)30)16(2)14-19/h4-14H,3,15H2,1-2H3. The zero-order chi connectivity index (χ0) is 22.4. The first-order chi connectivity index (χ1) is 14.9. The Kier molecular flexibility index (Phi) is 6.71. The summed E-state index contributed by atoms with van der Waals surface area (Å²) in [6.07, 6.45) is 3.27. The zero-order valence-corrected chi connectivity index (χ0v) is 17.1. The number of ether oxygens (including phenoxy) is 1. The molecule has 0 radical (unpaired) electrons. The van der Waals surface area contributed by atoms with Crippen LogP contribution in [0, 0.1) is 17.0 Å². The van der Waals surface area contributed by atoms with Crippen molar-refractivity contribution in [2.24, 2.45) is 0 Å².